The third-order valence-electron chi connectivity index (χ3n) is 4.04. The number of benzene rings is 1. The van der Waals surface area contributed by atoms with Crippen LogP contribution in [0.2, 0.25) is 0 Å². The van der Waals surface area contributed by atoms with Gasteiger partial charge in [0.1, 0.15) is 0 Å². The van der Waals surface area contributed by atoms with Gasteiger partial charge in [0.25, 0.3) is 0 Å². The molecule has 0 fully saturated rings. The third-order valence-corrected chi connectivity index (χ3v) is 4.04. The molecule has 3 aromatic rings. The molecule has 0 amide bonds. The summed E-state index contributed by atoms with van der Waals surface area (Å²) in [5, 5.41) is 7.20. The summed E-state index contributed by atoms with van der Waals surface area (Å²) >= 11 is 0. The van der Waals surface area contributed by atoms with E-state index in [2.05, 4.69) is 20.4 Å². The molecule has 0 radical (unpaired) electrons. The average molecular weight is 355 g/mol. The van der Waals surface area contributed by atoms with E-state index in [1.54, 1.807) is 23.1 Å². The van der Waals surface area contributed by atoms with Crippen molar-refractivity contribution in [2.45, 2.75) is 33.3 Å². The fourth-order valence-electron chi connectivity index (χ4n) is 2.45. The van der Waals surface area contributed by atoms with Crippen molar-refractivity contribution in [3.63, 3.8) is 0 Å². The van der Waals surface area contributed by atoms with E-state index >= 15 is 0 Å². The zero-order chi connectivity index (χ0) is 18.7. The van der Waals surface area contributed by atoms with Crippen LogP contribution in [0.3, 0.4) is 0 Å². The van der Waals surface area contributed by atoms with Gasteiger partial charge in [0.2, 0.25) is 5.95 Å². The number of hydrogen-bond acceptors (Lipinski definition) is 5. The number of rotatable bonds is 6. The van der Waals surface area contributed by atoms with Crippen molar-refractivity contribution in [2.75, 3.05) is 5.32 Å². The first-order chi connectivity index (χ1) is 12.5. The Morgan fingerprint density at radius 2 is 2.12 bits per heavy atom. The van der Waals surface area contributed by atoms with E-state index in [1.807, 2.05) is 40.1 Å². The van der Waals surface area contributed by atoms with Crippen LogP contribution in [0.5, 0.6) is 5.75 Å². The summed E-state index contributed by atoms with van der Waals surface area (Å²) in [5.41, 5.74) is 2.98. The summed E-state index contributed by atoms with van der Waals surface area (Å²) < 4.78 is 21.7. The maximum atomic E-state index is 14.4. The molecule has 136 valence electrons. The Labute approximate surface area is 152 Å². The normalized spacial score (nSPS) is 12.0. The van der Waals surface area contributed by atoms with Gasteiger partial charge >= 0.3 is 0 Å². The molecule has 2 heterocycles. The predicted molar refractivity (Wildman–Crippen MR) is 99.0 cm³/mol. The molecule has 0 aliphatic heterocycles. The molecule has 0 saturated heterocycles. The lowest BCUT2D eigenvalue weighted by Crippen LogP contribution is -2.10. The number of aromatic nitrogens is 4. The summed E-state index contributed by atoms with van der Waals surface area (Å²) in [6.07, 6.45) is 6.00. The highest BCUT2D eigenvalue weighted by Gasteiger charge is 2.12. The lowest BCUT2D eigenvalue weighted by Gasteiger charge is -2.14. The SMILES string of the molecule is CC[C@H](C)Oc1ccc(-c2nc(Nc3cnn(C)c3)ncc2C)cc1F. The number of aryl methyl sites for hydroxylation is 2. The van der Waals surface area contributed by atoms with Gasteiger partial charge in [-0.25, -0.2) is 14.4 Å². The highest BCUT2D eigenvalue weighted by Crippen LogP contribution is 2.28. The van der Waals surface area contributed by atoms with Gasteiger partial charge < -0.3 is 10.1 Å². The lowest BCUT2D eigenvalue weighted by atomic mass is 10.1. The smallest absolute Gasteiger partial charge is 0.227 e. The summed E-state index contributed by atoms with van der Waals surface area (Å²) in [6, 6.07) is 4.90. The van der Waals surface area contributed by atoms with Crippen molar-refractivity contribution in [1.82, 2.24) is 19.7 Å². The van der Waals surface area contributed by atoms with E-state index < -0.39 is 5.82 Å². The van der Waals surface area contributed by atoms with Crippen molar-refractivity contribution in [2.24, 2.45) is 7.05 Å². The van der Waals surface area contributed by atoms with Gasteiger partial charge in [0, 0.05) is 25.0 Å². The first-order valence-corrected chi connectivity index (χ1v) is 8.52. The highest BCUT2D eigenvalue weighted by molar-refractivity contribution is 5.65. The van der Waals surface area contributed by atoms with Gasteiger partial charge in [-0.05, 0) is 44.0 Å². The number of nitrogens with zero attached hydrogens (tertiary/aromatic N) is 4. The Bertz CT molecular complexity index is 909. The molecule has 0 unspecified atom stereocenters. The Balaban J connectivity index is 1.88. The van der Waals surface area contributed by atoms with Gasteiger partial charge in [-0.2, -0.15) is 5.10 Å². The lowest BCUT2D eigenvalue weighted by molar-refractivity contribution is 0.208. The summed E-state index contributed by atoms with van der Waals surface area (Å²) in [7, 11) is 1.83. The second-order valence-electron chi connectivity index (χ2n) is 6.23. The maximum absolute atomic E-state index is 14.4. The Kier molecular flexibility index (Phi) is 5.16. The molecular weight excluding hydrogens is 333 g/mol. The van der Waals surface area contributed by atoms with Crippen LogP contribution in [-0.2, 0) is 7.05 Å². The van der Waals surface area contributed by atoms with Crippen molar-refractivity contribution in [1.29, 1.82) is 0 Å². The molecule has 3 rings (SSSR count). The number of halogens is 1. The average Bonchev–Trinajstić information content (AvgIpc) is 3.03. The van der Waals surface area contributed by atoms with Gasteiger partial charge in [0.05, 0.1) is 23.7 Å². The van der Waals surface area contributed by atoms with Crippen LogP contribution in [0.1, 0.15) is 25.8 Å². The van der Waals surface area contributed by atoms with Gasteiger partial charge in [0.15, 0.2) is 11.6 Å². The van der Waals surface area contributed by atoms with Crippen LogP contribution >= 0.6 is 0 Å². The van der Waals surface area contributed by atoms with Crippen molar-refractivity contribution >= 4 is 11.6 Å². The minimum atomic E-state index is -0.400. The van der Waals surface area contributed by atoms with Crippen molar-refractivity contribution in [3.8, 4) is 17.0 Å². The molecule has 0 spiro atoms. The standard InChI is InChI=1S/C19H22FN5O/c1-5-13(3)26-17-7-6-14(8-16(17)20)18-12(2)9-21-19(24-18)23-15-10-22-25(4)11-15/h6-11,13H,5H2,1-4H3,(H,21,23,24)/t13-/m0/s1. The highest BCUT2D eigenvalue weighted by atomic mass is 19.1. The van der Waals surface area contributed by atoms with Crippen LogP contribution in [-0.4, -0.2) is 25.9 Å². The zero-order valence-corrected chi connectivity index (χ0v) is 15.3. The number of nitrogens with one attached hydrogen (secondary N) is 1. The van der Waals surface area contributed by atoms with E-state index in [0.29, 0.717) is 17.2 Å². The van der Waals surface area contributed by atoms with Crippen molar-refractivity contribution in [3.05, 3.63) is 48.2 Å². The molecule has 2 aromatic heterocycles. The fraction of sp³-hybridized carbons (Fsp3) is 0.316. The molecule has 0 saturated carbocycles. The largest absolute Gasteiger partial charge is 0.488 e. The van der Waals surface area contributed by atoms with Crippen molar-refractivity contribution < 1.29 is 9.13 Å². The van der Waals surface area contributed by atoms with Crippen LogP contribution in [0.25, 0.3) is 11.3 Å². The van der Waals surface area contributed by atoms with E-state index in [0.717, 1.165) is 17.7 Å². The zero-order valence-electron chi connectivity index (χ0n) is 15.3. The molecule has 6 nitrogen and oxygen atoms in total. The second-order valence-corrected chi connectivity index (χ2v) is 6.23. The molecule has 0 aliphatic rings. The van der Waals surface area contributed by atoms with E-state index in [9.17, 15) is 4.39 Å². The summed E-state index contributed by atoms with van der Waals surface area (Å²) in [4.78, 5) is 8.81. The molecule has 1 N–H and O–H groups in total. The van der Waals surface area contributed by atoms with Gasteiger partial charge in [-0.1, -0.05) is 6.92 Å². The second kappa shape index (κ2) is 7.51. The maximum Gasteiger partial charge on any atom is 0.227 e. The van der Waals surface area contributed by atoms with Crippen LogP contribution in [0, 0.1) is 12.7 Å². The number of ether oxygens (including phenoxy) is 1. The van der Waals surface area contributed by atoms with E-state index in [4.69, 9.17) is 4.74 Å². The Morgan fingerprint density at radius 3 is 2.77 bits per heavy atom. The fourth-order valence-corrected chi connectivity index (χ4v) is 2.45. The summed E-state index contributed by atoms with van der Waals surface area (Å²) in [6.45, 7) is 5.81. The quantitative estimate of drug-likeness (QED) is 0.716. The summed E-state index contributed by atoms with van der Waals surface area (Å²) in [5.74, 6) is 0.282. The molecule has 26 heavy (non-hydrogen) atoms. The molecule has 0 aliphatic carbocycles. The Morgan fingerprint density at radius 1 is 1.31 bits per heavy atom. The minimum absolute atomic E-state index is 0.0357. The van der Waals surface area contributed by atoms with Crippen LogP contribution < -0.4 is 10.1 Å². The topological polar surface area (TPSA) is 64.9 Å². The number of hydrogen-bond donors (Lipinski definition) is 1. The molecule has 7 heteroatoms. The minimum Gasteiger partial charge on any atom is -0.488 e. The molecule has 1 atom stereocenters. The first kappa shape index (κ1) is 17.8. The third kappa shape index (κ3) is 3.99. The molecule has 0 bridgehead atoms. The number of anilines is 2. The first-order valence-electron chi connectivity index (χ1n) is 8.52. The monoisotopic (exact) mass is 355 g/mol. The van der Waals surface area contributed by atoms with Gasteiger partial charge in [-0.3, -0.25) is 4.68 Å². The van der Waals surface area contributed by atoms with E-state index in [-0.39, 0.29) is 11.9 Å². The molecular formula is C19H22FN5O. The Hall–Kier alpha value is -2.96. The van der Waals surface area contributed by atoms with Crippen LogP contribution in [0.4, 0.5) is 16.0 Å². The molecule has 1 aromatic carbocycles. The van der Waals surface area contributed by atoms with E-state index in [1.165, 1.54) is 6.07 Å². The van der Waals surface area contributed by atoms with Crippen LogP contribution in [0.15, 0.2) is 36.8 Å². The predicted octanol–water partition coefficient (Wildman–Crippen LogP) is 4.25. The van der Waals surface area contributed by atoms with Gasteiger partial charge in [-0.15, -0.1) is 0 Å².